The lowest BCUT2D eigenvalue weighted by Gasteiger charge is -2.39. The summed E-state index contributed by atoms with van der Waals surface area (Å²) in [6.07, 6.45) is 11.4. The fraction of sp³-hybridized carbons (Fsp3) is 0.212. The SMILES string of the molecule is CC1(C)c2ccccc2-c2ccc(-c3ccc(N(c4ccc(-c5ccc(CCC6CC7CCCC(C7)C6)cc5)cc4)c4ccc(-c5cccc6cccc(-c7ccccc7)c56)cc4)cc3)cc21. The third kappa shape index (κ3) is 7.89. The van der Waals surface area contributed by atoms with E-state index in [1.165, 1.54) is 134 Å². The van der Waals surface area contributed by atoms with Crippen LogP contribution >= 0.6 is 0 Å². The largest absolute Gasteiger partial charge is 0.311 e. The van der Waals surface area contributed by atoms with Gasteiger partial charge in [0.1, 0.15) is 0 Å². The first-order valence-corrected chi connectivity index (χ1v) is 24.9. The van der Waals surface area contributed by atoms with Gasteiger partial charge in [-0.2, -0.15) is 0 Å². The van der Waals surface area contributed by atoms with Crippen molar-refractivity contribution in [3.05, 3.63) is 223 Å². The van der Waals surface area contributed by atoms with E-state index in [1.807, 2.05) is 0 Å². The Balaban J connectivity index is 0.855. The molecule has 9 aromatic carbocycles. The van der Waals surface area contributed by atoms with Crippen molar-refractivity contribution in [3.63, 3.8) is 0 Å². The maximum atomic E-state index is 2.42. The summed E-state index contributed by atoms with van der Waals surface area (Å²) < 4.78 is 0. The molecule has 67 heavy (non-hydrogen) atoms. The molecule has 2 fully saturated rings. The first kappa shape index (κ1) is 41.5. The summed E-state index contributed by atoms with van der Waals surface area (Å²) in [5.41, 5.74) is 20.3. The molecule has 0 aromatic heterocycles. The highest BCUT2D eigenvalue weighted by Gasteiger charge is 2.35. The highest BCUT2D eigenvalue weighted by Crippen LogP contribution is 2.50. The molecule has 1 heteroatoms. The Morgan fingerprint density at radius 2 is 0.910 bits per heavy atom. The highest BCUT2D eigenvalue weighted by atomic mass is 15.1. The van der Waals surface area contributed by atoms with Crippen LogP contribution in [0.4, 0.5) is 17.1 Å². The van der Waals surface area contributed by atoms with Gasteiger partial charge in [-0.1, -0.05) is 197 Å². The summed E-state index contributed by atoms with van der Waals surface area (Å²) in [5, 5.41) is 2.53. The van der Waals surface area contributed by atoms with Gasteiger partial charge in [-0.15, -0.1) is 0 Å². The maximum absolute atomic E-state index is 2.42. The summed E-state index contributed by atoms with van der Waals surface area (Å²) in [4.78, 5) is 2.40. The molecular weight excluding hydrogens is 807 g/mol. The number of anilines is 3. The molecule has 0 spiro atoms. The number of aryl methyl sites for hydroxylation is 1. The highest BCUT2D eigenvalue weighted by molar-refractivity contribution is 6.06. The monoisotopic (exact) mass is 865 g/mol. The smallest absolute Gasteiger partial charge is 0.0462 e. The number of hydrogen-bond acceptors (Lipinski definition) is 1. The lowest BCUT2D eigenvalue weighted by Crippen LogP contribution is -2.27. The molecule has 12 rings (SSSR count). The number of nitrogens with zero attached hydrogens (tertiary/aromatic N) is 1. The molecule has 0 radical (unpaired) electrons. The second-order valence-electron chi connectivity index (χ2n) is 20.5. The van der Waals surface area contributed by atoms with Crippen molar-refractivity contribution in [2.45, 2.75) is 70.6 Å². The first-order valence-electron chi connectivity index (χ1n) is 24.9. The van der Waals surface area contributed by atoms with Gasteiger partial charge in [0.25, 0.3) is 0 Å². The van der Waals surface area contributed by atoms with E-state index >= 15 is 0 Å². The molecule has 0 aliphatic heterocycles. The van der Waals surface area contributed by atoms with Crippen LogP contribution in [-0.4, -0.2) is 0 Å². The molecule has 0 heterocycles. The van der Waals surface area contributed by atoms with Crippen LogP contribution in [0.1, 0.15) is 75.5 Å². The summed E-state index contributed by atoms with van der Waals surface area (Å²) >= 11 is 0. The molecule has 3 aliphatic rings. The van der Waals surface area contributed by atoms with Gasteiger partial charge in [0.15, 0.2) is 0 Å². The van der Waals surface area contributed by atoms with E-state index in [9.17, 15) is 0 Å². The van der Waals surface area contributed by atoms with Crippen LogP contribution in [0.15, 0.2) is 206 Å². The number of fused-ring (bicyclic) bond motifs is 6. The van der Waals surface area contributed by atoms with Gasteiger partial charge in [0.2, 0.25) is 0 Å². The minimum atomic E-state index is -0.0397. The lowest BCUT2D eigenvalue weighted by molar-refractivity contribution is 0.132. The summed E-state index contributed by atoms with van der Waals surface area (Å²) in [7, 11) is 0. The number of hydrogen-bond donors (Lipinski definition) is 0. The zero-order valence-corrected chi connectivity index (χ0v) is 39.0. The van der Waals surface area contributed by atoms with Crippen molar-refractivity contribution in [2.24, 2.45) is 17.8 Å². The normalized spacial score (nSPS) is 18.0. The summed E-state index contributed by atoms with van der Waals surface area (Å²) in [6, 6.07) is 77.0. The van der Waals surface area contributed by atoms with E-state index in [2.05, 4.69) is 225 Å². The van der Waals surface area contributed by atoms with Crippen LogP contribution in [-0.2, 0) is 11.8 Å². The van der Waals surface area contributed by atoms with Gasteiger partial charge < -0.3 is 4.90 Å². The Morgan fingerprint density at radius 3 is 1.54 bits per heavy atom. The fourth-order valence-electron chi connectivity index (χ4n) is 12.5. The number of benzene rings is 9. The van der Waals surface area contributed by atoms with Crippen LogP contribution in [0.25, 0.3) is 66.4 Å². The van der Waals surface area contributed by atoms with Crippen molar-refractivity contribution < 1.29 is 0 Å². The van der Waals surface area contributed by atoms with Crippen LogP contribution in [0.2, 0.25) is 0 Å². The van der Waals surface area contributed by atoms with E-state index in [-0.39, 0.29) is 5.41 Å². The molecule has 0 saturated heterocycles. The minimum absolute atomic E-state index is 0.0397. The molecule has 1 nitrogen and oxygen atoms in total. The zero-order valence-electron chi connectivity index (χ0n) is 39.0. The lowest BCUT2D eigenvalue weighted by atomic mass is 9.67. The van der Waals surface area contributed by atoms with Gasteiger partial charge in [-0.05, 0) is 175 Å². The first-order chi connectivity index (χ1) is 32.9. The van der Waals surface area contributed by atoms with E-state index in [1.54, 1.807) is 0 Å². The van der Waals surface area contributed by atoms with E-state index < -0.39 is 0 Å². The predicted molar refractivity (Wildman–Crippen MR) is 284 cm³/mol. The Hall–Kier alpha value is -6.96. The summed E-state index contributed by atoms with van der Waals surface area (Å²) in [5.74, 6) is 2.92. The molecular formula is C66H59N. The van der Waals surface area contributed by atoms with Gasteiger partial charge in [0.05, 0.1) is 0 Å². The predicted octanol–water partition coefficient (Wildman–Crippen LogP) is 18.4. The van der Waals surface area contributed by atoms with Crippen molar-refractivity contribution >= 4 is 27.8 Å². The number of rotatable bonds is 10. The average molecular weight is 866 g/mol. The van der Waals surface area contributed by atoms with Crippen LogP contribution in [0, 0.1) is 17.8 Å². The second-order valence-corrected chi connectivity index (χ2v) is 20.5. The van der Waals surface area contributed by atoms with E-state index in [4.69, 9.17) is 0 Å². The Bertz CT molecular complexity index is 3180. The third-order valence-corrected chi connectivity index (χ3v) is 15.9. The molecule has 328 valence electrons. The molecule has 2 unspecified atom stereocenters. The van der Waals surface area contributed by atoms with Gasteiger partial charge in [0, 0.05) is 22.5 Å². The van der Waals surface area contributed by atoms with Crippen molar-refractivity contribution in [3.8, 4) is 55.6 Å². The molecule has 2 bridgehead atoms. The molecule has 2 atom stereocenters. The standard InChI is InChI=1S/C66H59N/c1-66(2)63-20-7-6-17-61(63)62-40-33-55(44-64(62)66)51-29-36-57(37-30-51)67(58-38-31-53(32-39-58)60-19-10-16-54-15-9-18-59(65(54)60)52-13-4-3-5-14-52)56-34-27-50(28-35-56)49-25-23-45(24-26-49)21-22-48-42-46-11-8-12-47(41-46)43-48/h3-7,9-10,13-20,23-40,44,46-48H,8,11-12,21-22,41-43H2,1-2H3. The topological polar surface area (TPSA) is 3.24 Å². The Kier molecular flexibility index (Phi) is 10.7. The van der Waals surface area contributed by atoms with E-state index in [0.29, 0.717) is 0 Å². The van der Waals surface area contributed by atoms with Crippen LogP contribution in [0.3, 0.4) is 0 Å². The second kappa shape index (κ2) is 17.4. The van der Waals surface area contributed by atoms with Crippen molar-refractivity contribution in [1.82, 2.24) is 0 Å². The minimum Gasteiger partial charge on any atom is -0.311 e. The third-order valence-electron chi connectivity index (χ3n) is 15.9. The van der Waals surface area contributed by atoms with Crippen LogP contribution < -0.4 is 4.90 Å². The summed E-state index contributed by atoms with van der Waals surface area (Å²) in [6.45, 7) is 4.72. The Morgan fingerprint density at radius 1 is 0.418 bits per heavy atom. The molecule has 3 aliphatic carbocycles. The Labute approximate surface area is 397 Å². The van der Waals surface area contributed by atoms with Gasteiger partial charge >= 0.3 is 0 Å². The fourth-order valence-corrected chi connectivity index (χ4v) is 12.5. The van der Waals surface area contributed by atoms with E-state index in [0.717, 1.165) is 34.8 Å². The van der Waals surface area contributed by atoms with Gasteiger partial charge in [-0.3, -0.25) is 0 Å². The average Bonchev–Trinajstić information content (AvgIpc) is 3.61. The van der Waals surface area contributed by atoms with Crippen molar-refractivity contribution in [2.75, 3.05) is 4.90 Å². The molecule has 9 aromatic rings. The quantitative estimate of drug-likeness (QED) is 0.132. The molecule has 2 saturated carbocycles. The zero-order chi connectivity index (χ0) is 44.9. The maximum Gasteiger partial charge on any atom is 0.0462 e. The van der Waals surface area contributed by atoms with Gasteiger partial charge in [-0.25, -0.2) is 0 Å². The molecule has 0 N–H and O–H groups in total. The van der Waals surface area contributed by atoms with Crippen molar-refractivity contribution in [1.29, 1.82) is 0 Å². The van der Waals surface area contributed by atoms with Crippen LogP contribution in [0.5, 0.6) is 0 Å². The molecule has 0 amide bonds.